The predicted octanol–water partition coefficient (Wildman–Crippen LogP) is 4.06. The molecule has 7 nitrogen and oxygen atoms in total. The van der Waals surface area contributed by atoms with Gasteiger partial charge in [-0.15, -0.1) is 0 Å². The van der Waals surface area contributed by atoms with Gasteiger partial charge < -0.3 is 20.5 Å². The standard InChI is InChI=1S/C26H30N2O5/c1-17(23(29)30)28-24(31)26(13-7-2-8-14-26)16-27-25(32)33-15-22-20-11-5-3-9-18(20)19-10-4-6-12-21(19)22/h3-6,9-12,17,22H,2,7-8,13-16H2,1H3,(H,27,32)(H,28,31)(H,29,30)/t17-/m0/s1. The summed E-state index contributed by atoms with van der Waals surface area (Å²) in [5.74, 6) is -1.44. The number of rotatable bonds is 7. The molecular formula is C26H30N2O5. The smallest absolute Gasteiger partial charge is 0.407 e. The lowest BCUT2D eigenvalue weighted by atomic mass is 9.73. The second kappa shape index (κ2) is 9.65. The van der Waals surface area contributed by atoms with Crippen LogP contribution >= 0.6 is 0 Å². The van der Waals surface area contributed by atoms with Crippen molar-refractivity contribution in [2.24, 2.45) is 5.41 Å². The number of aliphatic carboxylic acids is 1. The monoisotopic (exact) mass is 450 g/mol. The molecule has 2 aromatic carbocycles. The maximum atomic E-state index is 12.9. The fourth-order valence-electron chi connectivity index (χ4n) is 5.01. The first-order valence-electron chi connectivity index (χ1n) is 11.5. The number of benzene rings is 2. The van der Waals surface area contributed by atoms with Crippen LogP contribution in [0.2, 0.25) is 0 Å². The molecule has 0 unspecified atom stereocenters. The number of hydrogen-bond donors (Lipinski definition) is 3. The lowest BCUT2D eigenvalue weighted by Gasteiger charge is -2.36. The number of alkyl carbamates (subject to hydrolysis) is 1. The highest BCUT2D eigenvalue weighted by Gasteiger charge is 2.41. The summed E-state index contributed by atoms with van der Waals surface area (Å²) in [4.78, 5) is 36.7. The van der Waals surface area contributed by atoms with Gasteiger partial charge in [-0.1, -0.05) is 67.8 Å². The average molecular weight is 451 g/mol. The summed E-state index contributed by atoms with van der Waals surface area (Å²) >= 11 is 0. The number of ether oxygens (including phenoxy) is 1. The van der Waals surface area contributed by atoms with Crippen molar-refractivity contribution in [3.63, 3.8) is 0 Å². The van der Waals surface area contributed by atoms with Crippen molar-refractivity contribution >= 4 is 18.0 Å². The van der Waals surface area contributed by atoms with Gasteiger partial charge in [0.1, 0.15) is 12.6 Å². The van der Waals surface area contributed by atoms with Crippen LogP contribution in [0.4, 0.5) is 4.79 Å². The average Bonchev–Trinajstić information content (AvgIpc) is 3.15. The Morgan fingerprint density at radius 3 is 2.15 bits per heavy atom. The van der Waals surface area contributed by atoms with Gasteiger partial charge in [0.15, 0.2) is 0 Å². The number of hydrogen-bond acceptors (Lipinski definition) is 4. The minimum Gasteiger partial charge on any atom is -0.480 e. The van der Waals surface area contributed by atoms with E-state index in [0.29, 0.717) is 12.8 Å². The molecule has 2 aliphatic carbocycles. The maximum absolute atomic E-state index is 12.9. The molecule has 2 amide bonds. The van der Waals surface area contributed by atoms with Gasteiger partial charge in [0, 0.05) is 12.5 Å². The van der Waals surface area contributed by atoms with Crippen LogP contribution in [0.1, 0.15) is 56.1 Å². The van der Waals surface area contributed by atoms with Crippen molar-refractivity contribution in [2.45, 2.75) is 51.0 Å². The fourth-order valence-corrected chi connectivity index (χ4v) is 5.01. The van der Waals surface area contributed by atoms with Crippen molar-refractivity contribution in [1.29, 1.82) is 0 Å². The first-order chi connectivity index (χ1) is 15.9. The molecular weight excluding hydrogens is 420 g/mol. The molecule has 2 aliphatic rings. The summed E-state index contributed by atoms with van der Waals surface area (Å²) in [6.07, 6.45) is 3.39. The molecule has 1 saturated carbocycles. The summed E-state index contributed by atoms with van der Waals surface area (Å²) < 4.78 is 5.60. The zero-order valence-corrected chi connectivity index (χ0v) is 18.8. The number of carbonyl (C=O) groups is 3. The van der Waals surface area contributed by atoms with Gasteiger partial charge in [-0.2, -0.15) is 0 Å². The topological polar surface area (TPSA) is 105 Å². The normalized spacial score (nSPS) is 17.4. The van der Waals surface area contributed by atoms with Crippen LogP contribution < -0.4 is 10.6 Å². The predicted molar refractivity (Wildman–Crippen MR) is 124 cm³/mol. The van der Waals surface area contributed by atoms with E-state index in [1.807, 2.05) is 24.3 Å². The maximum Gasteiger partial charge on any atom is 0.407 e. The minimum atomic E-state index is -1.08. The van der Waals surface area contributed by atoms with E-state index in [-0.39, 0.29) is 25.0 Å². The van der Waals surface area contributed by atoms with E-state index in [1.54, 1.807) is 0 Å². The molecule has 0 radical (unpaired) electrons. The fraction of sp³-hybridized carbons (Fsp3) is 0.423. The Balaban J connectivity index is 1.39. The van der Waals surface area contributed by atoms with Crippen LogP contribution in [0.25, 0.3) is 11.1 Å². The first kappa shape index (κ1) is 22.8. The van der Waals surface area contributed by atoms with E-state index in [1.165, 1.54) is 6.92 Å². The van der Waals surface area contributed by atoms with Gasteiger partial charge in [0.2, 0.25) is 5.91 Å². The van der Waals surface area contributed by atoms with Crippen molar-refractivity contribution in [2.75, 3.05) is 13.2 Å². The van der Waals surface area contributed by atoms with E-state index >= 15 is 0 Å². The Morgan fingerprint density at radius 1 is 1.00 bits per heavy atom. The van der Waals surface area contributed by atoms with E-state index in [9.17, 15) is 14.4 Å². The molecule has 7 heteroatoms. The van der Waals surface area contributed by atoms with E-state index in [4.69, 9.17) is 9.84 Å². The van der Waals surface area contributed by atoms with Crippen LogP contribution in [0.5, 0.6) is 0 Å². The Hall–Kier alpha value is -3.35. The Bertz CT molecular complexity index is 999. The summed E-state index contributed by atoms with van der Waals surface area (Å²) in [6.45, 7) is 1.77. The van der Waals surface area contributed by atoms with Gasteiger partial charge >= 0.3 is 12.1 Å². The SMILES string of the molecule is C[C@H](NC(=O)C1(CNC(=O)OCC2c3ccccc3-c3ccccc32)CCCCC1)C(=O)O. The van der Waals surface area contributed by atoms with Gasteiger partial charge in [0.05, 0.1) is 5.41 Å². The van der Waals surface area contributed by atoms with Crippen LogP contribution in [-0.4, -0.2) is 42.3 Å². The molecule has 33 heavy (non-hydrogen) atoms. The number of carbonyl (C=O) groups excluding carboxylic acids is 2. The van der Waals surface area contributed by atoms with Gasteiger partial charge in [-0.25, -0.2) is 4.79 Å². The summed E-state index contributed by atoms with van der Waals surface area (Å²) in [5, 5.41) is 14.5. The third-order valence-electron chi connectivity index (χ3n) is 6.93. The number of carboxylic acid groups (broad SMARTS) is 1. The van der Waals surface area contributed by atoms with Crippen LogP contribution in [0, 0.1) is 5.41 Å². The second-order valence-corrected chi connectivity index (χ2v) is 9.05. The summed E-state index contributed by atoms with van der Waals surface area (Å²) in [5.41, 5.74) is 3.78. The van der Waals surface area contributed by atoms with E-state index < -0.39 is 23.5 Å². The van der Waals surface area contributed by atoms with Gasteiger partial charge in [-0.05, 0) is 42.0 Å². The number of nitrogens with one attached hydrogen (secondary N) is 2. The lowest BCUT2D eigenvalue weighted by Crippen LogP contribution is -2.52. The van der Waals surface area contributed by atoms with Gasteiger partial charge in [0.25, 0.3) is 0 Å². The first-order valence-corrected chi connectivity index (χ1v) is 11.5. The quantitative estimate of drug-likeness (QED) is 0.590. The molecule has 0 aromatic heterocycles. The third-order valence-corrected chi connectivity index (χ3v) is 6.93. The molecule has 2 aromatic rings. The molecule has 4 rings (SSSR count). The minimum absolute atomic E-state index is 0.0356. The van der Waals surface area contributed by atoms with Crippen LogP contribution in [-0.2, 0) is 14.3 Å². The zero-order valence-electron chi connectivity index (χ0n) is 18.8. The van der Waals surface area contributed by atoms with Crippen molar-refractivity contribution in [3.05, 3.63) is 59.7 Å². The second-order valence-electron chi connectivity index (χ2n) is 9.05. The molecule has 3 N–H and O–H groups in total. The molecule has 0 saturated heterocycles. The third kappa shape index (κ3) is 4.72. The molecule has 0 aliphatic heterocycles. The lowest BCUT2D eigenvalue weighted by molar-refractivity contribution is -0.144. The van der Waals surface area contributed by atoms with E-state index in [2.05, 4.69) is 34.9 Å². The van der Waals surface area contributed by atoms with Crippen molar-refractivity contribution in [3.8, 4) is 11.1 Å². The van der Waals surface area contributed by atoms with Gasteiger partial charge in [-0.3, -0.25) is 9.59 Å². The van der Waals surface area contributed by atoms with Crippen LogP contribution in [0.15, 0.2) is 48.5 Å². The Morgan fingerprint density at radius 2 is 1.58 bits per heavy atom. The molecule has 0 bridgehead atoms. The molecule has 0 heterocycles. The summed E-state index contributed by atoms with van der Waals surface area (Å²) in [6, 6.07) is 15.3. The molecule has 1 fully saturated rings. The number of carboxylic acids is 1. The molecule has 1 atom stereocenters. The zero-order chi connectivity index (χ0) is 23.4. The van der Waals surface area contributed by atoms with E-state index in [0.717, 1.165) is 41.5 Å². The Kier molecular flexibility index (Phi) is 6.67. The molecule has 174 valence electrons. The number of amides is 2. The highest BCUT2D eigenvalue weighted by molar-refractivity contribution is 5.88. The van der Waals surface area contributed by atoms with Crippen molar-refractivity contribution < 1.29 is 24.2 Å². The largest absolute Gasteiger partial charge is 0.480 e. The highest BCUT2D eigenvalue weighted by Crippen LogP contribution is 2.44. The molecule has 0 spiro atoms. The van der Waals surface area contributed by atoms with Crippen molar-refractivity contribution in [1.82, 2.24) is 10.6 Å². The van der Waals surface area contributed by atoms with Crippen LogP contribution in [0.3, 0.4) is 0 Å². The number of fused-ring (bicyclic) bond motifs is 3. The Labute approximate surface area is 193 Å². The highest BCUT2D eigenvalue weighted by atomic mass is 16.5. The summed E-state index contributed by atoms with van der Waals surface area (Å²) in [7, 11) is 0.